The number of hydrogen-bond acceptors (Lipinski definition) is 2. The van der Waals surface area contributed by atoms with Gasteiger partial charge in [0.1, 0.15) is 5.69 Å². The summed E-state index contributed by atoms with van der Waals surface area (Å²) in [5, 5.41) is 0. The number of aromatic nitrogens is 2. The molecule has 1 heterocycles. The highest BCUT2D eigenvalue weighted by Gasteiger charge is 2.14. The number of nitrogens with zero attached hydrogens (tertiary/aromatic N) is 1. The lowest BCUT2D eigenvalue weighted by Crippen LogP contribution is -2.15. The molecular formula is C18H24N2O. The fourth-order valence-electron chi connectivity index (χ4n) is 3.44. The SMILES string of the molecule is O=c1[nH]c2ccccc2nc1CCCCCC1CCCC1. The Labute approximate surface area is 125 Å². The van der Waals surface area contributed by atoms with E-state index in [-0.39, 0.29) is 5.56 Å². The molecule has 0 radical (unpaired) electrons. The monoisotopic (exact) mass is 284 g/mol. The fourth-order valence-corrected chi connectivity index (χ4v) is 3.44. The average Bonchev–Trinajstić information content (AvgIpc) is 3.00. The van der Waals surface area contributed by atoms with Crippen molar-refractivity contribution in [1.82, 2.24) is 9.97 Å². The molecule has 0 saturated heterocycles. The number of hydrogen-bond donors (Lipinski definition) is 1. The second-order valence-corrected chi connectivity index (χ2v) is 6.28. The Hall–Kier alpha value is -1.64. The number of unbranched alkanes of at least 4 members (excludes halogenated alkanes) is 2. The van der Waals surface area contributed by atoms with Crippen molar-refractivity contribution in [2.24, 2.45) is 5.92 Å². The van der Waals surface area contributed by atoms with Crippen LogP contribution in [0, 0.1) is 5.92 Å². The molecule has 0 atom stereocenters. The van der Waals surface area contributed by atoms with E-state index in [1.54, 1.807) is 0 Å². The summed E-state index contributed by atoms with van der Waals surface area (Å²) >= 11 is 0. The lowest BCUT2D eigenvalue weighted by molar-refractivity contribution is 0.467. The molecule has 3 heteroatoms. The number of rotatable bonds is 6. The van der Waals surface area contributed by atoms with Crippen LogP contribution in [0.15, 0.2) is 29.1 Å². The summed E-state index contributed by atoms with van der Waals surface area (Å²) in [6.07, 6.45) is 11.5. The van der Waals surface area contributed by atoms with Crippen LogP contribution in [0.3, 0.4) is 0 Å². The highest BCUT2D eigenvalue weighted by atomic mass is 16.1. The summed E-state index contributed by atoms with van der Waals surface area (Å²) in [5.74, 6) is 0.979. The molecule has 0 bridgehead atoms. The van der Waals surface area contributed by atoms with Crippen molar-refractivity contribution in [3.63, 3.8) is 0 Å². The molecular weight excluding hydrogens is 260 g/mol. The summed E-state index contributed by atoms with van der Waals surface area (Å²) < 4.78 is 0. The summed E-state index contributed by atoms with van der Waals surface area (Å²) in [4.78, 5) is 19.4. The van der Waals surface area contributed by atoms with Gasteiger partial charge in [-0.25, -0.2) is 4.98 Å². The van der Waals surface area contributed by atoms with E-state index in [4.69, 9.17) is 0 Å². The van der Waals surface area contributed by atoms with Gasteiger partial charge in [0.2, 0.25) is 0 Å². The largest absolute Gasteiger partial charge is 0.319 e. The molecule has 0 spiro atoms. The maximum atomic E-state index is 12.0. The molecule has 1 aliphatic rings. The van der Waals surface area contributed by atoms with Gasteiger partial charge in [0.05, 0.1) is 11.0 Å². The zero-order chi connectivity index (χ0) is 14.5. The van der Waals surface area contributed by atoms with Crippen LogP contribution in [0.4, 0.5) is 0 Å². The summed E-state index contributed by atoms with van der Waals surface area (Å²) in [6, 6.07) is 7.73. The van der Waals surface area contributed by atoms with Crippen molar-refractivity contribution in [2.75, 3.05) is 0 Å². The van der Waals surface area contributed by atoms with Crippen molar-refractivity contribution in [1.29, 1.82) is 0 Å². The first kappa shape index (κ1) is 14.3. The molecule has 1 saturated carbocycles. The molecule has 21 heavy (non-hydrogen) atoms. The predicted octanol–water partition coefficient (Wildman–Crippen LogP) is 4.22. The molecule has 0 aliphatic heterocycles. The van der Waals surface area contributed by atoms with Crippen LogP contribution >= 0.6 is 0 Å². The van der Waals surface area contributed by atoms with E-state index < -0.39 is 0 Å². The van der Waals surface area contributed by atoms with Crippen LogP contribution in [0.2, 0.25) is 0 Å². The van der Waals surface area contributed by atoms with Gasteiger partial charge in [-0.2, -0.15) is 0 Å². The minimum atomic E-state index is -0.0236. The molecule has 3 rings (SSSR count). The topological polar surface area (TPSA) is 45.8 Å². The van der Waals surface area contributed by atoms with Crippen molar-refractivity contribution in [3.8, 4) is 0 Å². The Morgan fingerprint density at radius 1 is 1.10 bits per heavy atom. The lowest BCUT2D eigenvalue weighted by atomic mass is 9.99. The Bertz CT molecular complexity index is 641. The first-order valence-corrected chi connectivity index (χ1v) is 8.31. The molecule has 1 N–H and O–H groups in total. The zero-order valence-electron chi connectivity index (χ0n) is 12.6. The van der Waals surface area contributed by atoms with Crippen LogP contribution in [0.5, 0.6) is 0 Å². The minimum Gasteiger partial charge on any atom is -0.319 e. The van der Waals surface area contributed by atoms with Crippen LogP contribution in [-0.4, -0.2) is 9.97 Å². The van der Waals surface area contributed by atoms with Gasteiger partial charge in [0.25, 0.3) is 5.56 Å². The van der Waals surface area contributed by atoms with E-state index in [0.29, 0.717) is 5.69 Å². The standard InChI is InChI=1S/C18H24N2O/c21-18-17(19-15-11-6-7-12-16(15)20-18)13-3-1-2-8-14-9-4-5-10-14/h6-7,11-12,14H,1-5,8-10,13H2,(H,20,21). The normalized spacial score (nSPS) is 15.8. The van der Waals surface area contributed by atoms with Crippen LogP contribution < -0.4 is 5.56 Å². The maximum absolute atomic E-state index is 12.0. The zero-order valence-corrected chi connectivity index (χ0v) is 12.6. The van der Waals surface area contributed by atoms with E-state index in [0.717, 1.165) is 29.8 Å². The van der Waals surface area contributed by atoms with Gasteiger partial charge in [0.15, 0.2) is 0 Å². The summed E-state index contributed by atoms with van der Waals surface area (Å²) in [5.41, 5.74) is 2.38. The first-order chi connectivity index (χ1) is 10.3. The van der Waals surface area contributed by atoms with E-state index in [1.165, 1.54) is 44.9 Å². The molecule has 112 valence electrons. The van der Waals surface area contributed by atoms with E-state index >= 15 is 0 Å². The molecule has 1 aromatic heterocycles. The van der Waals surface area contributed by atoms with Crippen LogP contribution in [0.1, 0.15) is 57.1 Å². The smallest absolute Gasteiger partial charge is 0.270 e. The number of fused-ring (bicyclic) bond motifs is 1. The molecule has 0 unspecified atom stereocenters. The van der Waals surface area contributed by atoms with Gasteiger partial charge < -0.3 is 4.98 Å². The summed E-state index contributed by atoms with van der Waals surface area (Å²) in [7, 11) is 0. The van der Waals surface area contributed by atoms with Gasteiger partial charge in [-0.15, -0.1) is 0 Å². The summed E-state index contributed by atoms with van der Waals surface area (Å²) in [6.45, 7) is 0. The highest BCUT2D eigenvalue weighted by Crippen LogP contribution is 2.29. The molecule has 1 aromatic carbocycles. The molecule has 0 amide bonds. The average molecular weight is 284 g/mol. The number of benzene rings is 1. The Morgan fingerprint density at radius 3 is 2.76 bits per heavy atom. The van der Waals surface area contributed by atoms with Crippen LogP contribution in [-0.2, 0) is 6.42 Å². The second-order valence-electron chi connectivity index (χ2n) is 6.28. The number of para-hydroxylation sites is 2. The number of aromatic amines is 1. The van der Waals surface area contributed by atoms with Gasteiger partial charge in [0, 0.05) is 0 Å². The van der Waals surface area contributed by atoms with Gasteiger partial charge in [-0.05, 0) is 30.9 Å². The first-order valence-electron chi connectivity index (χ1n) is 8.31. The number of H-pyrrole nitrogens is 1. The molecule has 3 nitrogen and oxygen atoms in total. The van der Waals surface area contributed by atoms with Gasteiger partial charge in [-0.3, -0.25) is 4.79 Å². The Morgan fingerprint density at radius 2 is 1.90 bits per heavy atom. The highest BCUT2D eigenvalue weighted by molar-refractivity contribution is 5.73. The minimum absolute atomic E-state index is 0.0236. The third kappa shape index (κ3) is 3.72. The van der Waals surface area contributed by atoms with Gasteiger partial charge in [-0.1, -0.05) is 57.1 Å². The second kappa shape index (κ2) is 6.88. The number of aryl methyl sites for hydroxylation is 1. The number of nitrogens with one attached hydrogen (secondary N) is 1. The van der Waals surface area contributed by atoms with E-state index in [9.17, 15) is 4.79 Å². The Balaban J connectivity index is 1.50. The third-order valence-electron chi connectivity index (χ3n) is 4.67. The van der Waals surface area contributed by atoms with Crippen molar-refractivity contribution in [3.05, 3.63) is 40.3 Å². The predicted molar refractivity (Wildman–Crippen MR) is 86.5 cm³/mol. The maximum Gasteiger partial charge on any atom is 0.270 e. The molecule has 2 aromatic rings. The van der Waals surface area contributed by atoms with E-state index in [1.807, 2.05) is 24.3 Å². The van der Waals surface area contributed by atoms with Crippen LogP contribution in [0.25, 0.3) is 11.0 Å². The van der Waals surface area contributed by atoms with Gasteiger partial charge >= 0.3 is 0 Å². The van der Waals surface area contributed by atoms with Crippen molar-refractivity contribution >= 4 is 11.0 Å². The molecule has 1 fully saturated rings. The third-order valence-corrected chi connectivity index (χ3v) is 4.67. The van der Waals surface area contributed by atoms with E-state index in [2.05, 4.69) is 9.97 Å². The lowest BCUT2D eigenvalue weighted by Gasteiger charge is -2.08. The fraction of sp³-hybridized carbons (Fsp3) is 0.556. The quantitative estimate of drug-likeness (QED) is 0.807. The Kier molecular flexibility index (Phi) is 4.69. The van der Waals surface area contributed by atoms with Crippen molar-refractivity contribution in [2.45, 2.75) is 57.8 Å². The molecule has 1 aliphatic carbocycles. The van der Waals surface area contributed by atoms with Crippen molar-refractivity contribution < 1.29 is 0 Å².